The van der Waals surface area contributed by atoms with Crippen molar-refractivity contribution in [3.8, 4) is 0 Å². The van der Waals surface area contributed by atoms with Crippen molar-refractivity contribution in [3.05, 3.63) is 29.8 Å². The van der Waals surface area contributed by atoms with Gasteiger partial charge in [-0.05, 0) is 30.5 Å². The molecule has 0 amide bonds. The average Bonchev–Trinajstić information content (AvgIpc) is 3.24. The Bertz CT molecular complexity index is 525. The van der Waals surface area contributed by atoms with Crippen LogP contribution in [0.15, 0.2) is 29.2 Å². The summed E-state index contributed by atoms with van der Waals surface area (Å²) in [6.45, 7) is -0.694. The van der Waals surface area contributed by atoms with Gasteiger partial charge in [-0.2, -0.15) is 0 Å². The van der Waals surface area contributed by atoms with Gasteiger partial charge >= 0.3 is 0 Å². The molecule has 1 fully saturated rings. The van der Waals surface area contributed by atoms with Crippen molar-refractivity contribution in [2.24, 2.45) is 5.73 Å². The lowest BCUT2D eigenvalue weighted by atomic mass is 10.0. The minimum atomic E-state index is -3.19. The first kappa shape index (κ1) is 14.4. The number of ether oxygens (including phenoxy) is 1. The van der Waals surface area contributed by atoms with E-state index in [1.165, 1.54) is 7.11 Å². The monoisotopic (exact) mass is 287 g/mol. The van der Waals surface area contributed by atoms with Crippen LogP contribution in [0.5, 0.6) is 0 Å². The summed E-state index contributed by atoms with van der Waals surface area (Å²) in [5, 5.41) is -0.232. The smallest absolute Gasteiger partial charge is 0.181 e. The van der Waals surface area contributed by atoms with Crippen LogP contribution in [0.2, 0.25) is 0 Å². The van der Waals surface area contributed by atoms with Crippen molar-refractivity contribution in [3.63, 3.8) is 0 Å². The Balaban J connectivity index is 2.22. The Kier molecular flexibility index (Phi) is 4.23. The average molecular weight is 287 g/mol. The molecule has 6 heteroatoms. The minimum Gasteiger partial charge on any atom is -0.375 e. The third-order valence-electron chi connectivity index (χ3n) is 3.32. The number of nitrogens with two attached hydrogens (primary N) is 1. The number of sulfone groups is 1. The van der Waals surface area contributed by atoms with Crippen LogP contribution in [0, 0.1) is 0 Å². The van der Waals surface area contributed by atoms with Crippen molar-refractivity contribution in [2.45, 2.75) is 35.1 Å². The molecule has 0 saturated heterocycles. The lowest BCUT2D eigenvalue weighted by molar-refractivity contribution is 0.0720. The van der Waals surface area contributed by atoms with Crippen LogP contribution in [0.4, 0.5) is 4.39 Å². The summed E-state index contributed by atoms with van der Waals surface area (Å²) in [5.74, 6) is 0. The van der Waals surface area contributed by atoms with Gasteiger partial charge in [0.05, 0.1) is 22.3 Å². The number of hydrogen-bond acceptors (Lipinski definition) is 4. The van der Waals surface area contributed by atoms with Crippen LogP contribution in [-0.2, 0) is 14.6 Å². The highest BCUT2D eigenvalue weighted by Crippen LogP contribution is 2.34. The van der Waals surface area contributed by atoms with Crippen LogP contribution in [0.1, 0.15) is 24.5 Å². The molecule has 2 rings (SSSR count). The number of hydrogen-bond donors (Lipinski definition) is 1. The van der Waals surface area contributed by atoms with E-state index >= 15 is 0 Å². The molecule has 19 heavy (non-hydrogen) atoms. The van der Waals surface area contributed by atoms with Gasteiger partial charge in [0.25, 0.3) is 0 Å². The second-order valence-electron chi connectivity index (χ2n) is 4.79. The molecule has 0 aromatic heterocycles. The van der Waals surface area contributed by atoms with E-state index in [9.17, 15) is 12.8 Å². The first-order valence-corrected chi connectivity index (χ1v) is 7.73. The number of alkyl halides is 1. The third kappa shape index (κ3) is 2.96. The quantitative estimate of drug-likeness (QED) is 0.863. The number of methoxy groups -OCH3 is 1. The highest BCUT2D eigenvalue weighted by atomic mass is 32.2. The van der Waals surface area contributed by atoms with E-state index in [0.29, 0.717) is 10.5 Å². The fourth-order valence-corrected chi connectivity index (χ4v) is 3.71. The molecule has 1 aliphatic carbocycles. The Hall–Kier alpha value is -0.980. The topological polar surface area (TPSA) is 69.4 Å². The van der Waals surface area contributed by atoms with Crippen molar-refractivity contribution >= 4 is 9.84 Å². The maximum atomic E-state index is 12.6. The maximum absolute atomic E-state index is 12.6. The van der Waals surface area contributed by atoms with Gasteiger partial charge in [-0.1, -0.05) is 12.1 Å². The molecular formula is C13H18FNO3S. The van der Waals surface area contributed by atoms with E-state index in [1.54, 1.807) is 24.3 Å². The highest BCUT2D eigenvalue weighted by molar-refractivity contribution is 7.92. The SMILES string of the molecule is CO[C@H](c1ccc(S(=O)(=O)C2CC2)cc1)[C@H](N)CF. The molecule has 4 nitrogen and oxygen atoms in total. The van der Waals surface area contributed by atoms with Crippen LogP contribution in [0.3, 0.4) is 0 Å². The Morgan fingerprint density at radius 1 is 1.37 bits per heavy atom. The summed E-state index contributed by atoms with van der Waals surface area (Å²) in [7, 11) is -1.73. The van der Waals surface area contributed by atoms with E-state index in [2.05, 4.69) is 0 Å². The molecule has 0 aliphatic heterocycles. The molecule has 0 radical (unpaired) electrons. The largest absolute Gasteiger partial charge is 0.375 e. The van der Waals surface area contributed by atoms with E-state index in [1.807, 2.05) is 0 Å². The predicted octanol–water partition coefficient (Wildman–Crippen LogP) is 1.61. The van der Waals surface area contributed by atoms with E-state index in [-0.39, 0.29) is 5.25 Å². The standard InChI is InChI=1S/C13H18FNO3S/c1-18-13(12(15)8-14)9-2-4-10(5-3-9)19(16,17)11-6-7-11/h2-5,11-13H,6-8,15H2,1H3/t12-,13-/m1/s1. The summed E-state index contributed by atoms with van der Waals surface area (Å²) in [5.41, 5.74) is 6.31. The molecular weight excluding hydrogens is 269 g/mol. The zero-order valence-electron chi connectivity index (χ0n) is 10.8. The van der Waals surface area contributed by atoms with Crippen molar-refractivity contribution in [2.75, 3.05) is 13.8 Å². The van der Waals surface area contributed by atoms with Crippen LogP contribution >= 0.6 is 0 Å². The molecule has 0 bridgehead atoms. The molecule has 1 saturated carbocycles. The third-order valence-corrected chi connectivity index (χ3v) is 5.60. The fraction of sp³-hybridized carbons (Fsp3) is 0.538. The zero-order chi connectivity index (χ0) is 14.0. The maximum Gasteiger partial charge on any atom is 0.181 e. The van der Waals surface area contributed by atoms with Crippen molar-refractivity contribution in [1.29, 1.82) is 0 Å². The zero-order valence-corrected chi connectivity index (χ0v) is 11.6. The summed E-state index contributed by atoms with van der Waals surface area (Å²) in [6, 6.07) is 5.61. The summed E-state index contributed by atoms with van der Waals surface area (Å²) in [6.07, 6.45) is 0.900. The Morgan fingerprint density at radius 2 is 1.95 bits per heavy atom. The van der Waals surface area contributed by atoms with Crippen LogP contribution in [-0.4, -0.2) is 33.5 Å². The van der Waals surface area contributed by atoms with Crippen molar-refractivity contribution < 1.29 is 17.5 Å². The minimum absolute atomic E-state index is 0.232. The summed E-state index contributed by atoms with van der Waals surface area (Å²) >= 11 is 0. The number of benzene rings is 1. The predicted molar refractivity (Wildman–Crippen MR) is 70.4 cm³/mol. The van der Waals surface area contributed by atoms with Crippen LogP contribution < -0.4 is 5.73 Å². The van der Waals surface area contributed by atoms with E-state index in [4.69, 9.17) is 10.5 Å². The van der Waals surface area contributed by atoms with Crippen LogP contribution in [0.25, 0.3) is 0 Å². The van der Waals surface area contributed by atoms with Gasteiger partial charge < -0.3 is 10.5 Å². The Labute approximate surface area is 112 Å². The molecule has 1 aromatic carbocycles. The highest BCUT2D eigenvalue weighted by Gasteiger charge is 2.36. The van der Waals surface area contributed by atoms with Gasteiger partial charge in [0.1, 0.15) is 6.67 Å². The van der Waals surface area contributed by atoms with Gasteiger partial charge in [0.2, 0.25) is 0 Å². The lowest BCUT2D eigenvalue weighted by Gasteiger charge is -2.20. The molecule has 0 heterocycles. The molecule has 1 aromatic rings. The fourth-order valence-electron chi connectivity index (χ4n) is 2.06. The summed E-state index contributed by atoms with van der Waals surface area (Å²) in [4.78, 5) is 0.308. The number of rotatable bonds is 6. The molecule has 2 atom stereocenters. The van der Waals surface area contributed by atoms with Gasteiger partial charge in [0.15, 0.2) is 9.84 Å². The first-order chi connectivity index (χ1) is 9.00. The van der Waals surface area contributed by atoms with Crippen molar-refractivity contribution in [1.82, 2.24) is 0 Å². The Morgan fingerprint density at radius 3 is 2.37 bits per heavy atom. The van der Waals surface area contributed by atoms with E-state index < -0.39 is 28.7 Å². The van der Waals surface area contributed by atoms with Gasteiger partial charge in [0, 0.05) is 7.11 Å². The normalized spacial score (nSPS) is 19.1. The molecule has 0 spiro atoms. The molecule has 2 N–H and O–H groups in total. The molecule has 0 unspecified atom stereocenters. The van der Waals surface area contributed by atoms with Gasteiger partial charge in [-0.3, -0.25) is 0 Å². The second-order valence-corrected chi connectivity index (χ2v) is 7.02. The summed E-state index contributed by atoms with van der Waals surface area (Å²) < 4.78 is 41.8. The second kappa shape index (κ2) is 5.56. The van der Waals surface area contributed by atoms with Gasteiger partial charge in [-0.25, -0.2) is 12.8 Å². The number of halogens is 1. The molecule has 106 valence electrons. The van der Waals surface area contributed by atoms with Gasteiger partial charge in [-0.15, -0.1) is 0 Å². The first-order valence-electron chi connectivity index (χ1n) is 6.19. The van der Waals surface area contributed by atoms with E-state index in [0.717, 1.165) is 12.8 Å². The molecule has 1 aliphatic rings. The lowest BCUT2D eigenvalue weighted by Crippen LogP contribution is -2.31.